The molecular formula is C19H22INO6S. The van der Waals surface area contributed by atoms with Gasteiger partial charge in [0.15, 0.2) is 11.5 Å². The van der Waals surface area contributed by atoms with Gasteiger partial charge in [0.25, 0.3) is 11.1 Å². The van der Waals surface area contributed by atoms with Crippen molar-refractivity contribution in [2.24, 2.45) is 0 Å². The van der Waals surface area contributed by atoms with Crippen molar-refractivity contribution in [1.82, 2.24) is 4.90 Å². The van der Waals surface area contributed by atoms with Crippen LogP contribution in [-0.2, 0) is 14.3 Å². The van der Waals surface area contributed by atoms with Crippen LogP contribution in [0.5, 0.6) is 11.5 Å². The number of nitrogens with zero attached hydrogens (tertiary/aromatic N) is 1. The normalized spacial score (nSPS) is 15.5. The quantitative estimate of drug-likeness (QED) is 0.291. The van der Waals surface area contributed by atoms with Gasteiger partial charge in [-0.25, -0.2) is 0 Å². The van der Waals surface area contributed by atoms with E-state index < -0.39 is 23.7 Å². The topological polar surface area (TPSA) is 82.1 Å². The minimum Gasteiger partial charge on any atom is -0.490 e. The van der Waals surface area contributed by atoms with Gasteiger partial charge in [0.2, 0.25) is 0 Å². The molecule has 1 aliphatic heterocycles. The second-order valence-corrected chi connectivity index (χ2v) is 8.16. The second-order valence-electron chi connectivity index (χ2n) is 6.00. The number of thioether (sulfide) groups is 1. The summed E-state index contributed by atoms with van der Waals surface area (Å²) in [6.07, 6.45) is 1.30. The van der Waals surface area contributed by atoms with Crippen molar-refractivity contribution in [1.29, 1.82) is 0 Å². The molecule has 0 aromatic heterocycles. The monoisotopic (exact) mass is 519 g/mol. The molecule has 28 heavy (non-hydrogen) atoms. The molecule has 0 radical (unpaired) electrons. The molecule has 0 saturated carbocycles. The van der Waals surface area contributed by atoms with E-state index in [-0.39, 0.29) is 11.0 Å². The highest BCUT2D eigenvalue weighted by Gasteiger charge is 2.36. The zero-order chi connectivity index (χ0) is 20.8. The Morgan fingerprint density at radius 2 is 1.89 bits per heavy atom. The fraction of sp³-hybridized carbons (Fsp3) is 0.421. The third-order valence-corrected chi connectivity index (χ3v) is 5.15. The summed E-state index contributed by atoms with van der Waals surface area (Å²) >= 11 is 2.93. The highest BCUT2D eigenvalue weighted by molar-refractivity contribution is 14.1. The van der Waals surface area contributed by atoms with Crippen LogP contribution in [0.15, 0.2) is 17.0 Å². The Bertz CT molecular complexity index is 808. The Balaban J connectivity index is 2.26. The smallest absolute Gasteiger partial charge is 0.326 e. The summed E-state index contributed by atoms with van der Waals surface area (Å²) < 4.78 is 17.1. The van der Waals surface area contributed by atoms with Gasteiger partial charge in [-0.1, -0.05) is 0 Å². The average Bonchev–Trinajstić information content (AvgIpc) is 2.85. The molecule has 0 spiro atoms. The van der Waals surface area contributed by atoms with Gasteiger partial charge in [-0.2, -0.15) is 0 Å². The summed E-state index contributed by atoms with van der Waals surface area (Å²) in [4.78, 5) is 37.6. The molecule has 0 atom stereocenters. The van der Waals surface area contributed by atoms with E-state index in [1.807, 2.05) is 19.9 Å². The van der Waals surface area contributed by atoms with Gasteiger partial charge in [0.1, 0.15) is 6.54 Å². The molecule has 1 heterocycles. The summed E-state index contributed by atoms with van der Waals surface area (Å²) in [6, 6.07) is 3.60. The van der Waals surface area contributed by atoms with E-state index in [4.69, 9.17) is 14.2 Å². The van der Waals surface area contributed by atoms with Gasteiger partial charge in [0.05, 0.1) is 27.8 Å². The largest absolute Gasteiger partial charge is 0.490 e. The number of halogens is 1. The number of rotatable bonds is 8. The average molecular weight is 519 g/mol. The molecule has 1 aromatic carbocycles. The van der Waals surface area contributed by atoms with E-state index in [0.29, 0.717) is 30.3 Å². The molecule has 1 fully saturated rings. The zero-order valence-corrected chi connectivity index (χ0v) is 19.1. The van der Waals surface area contributed by atoms with Crippen LogP contribution >= 0.6 is 34.4 Å². The summed E-state index contributed by atoms with van der Waals surface area (Å²) in [5.41, 5.74) is 0.701. The molecule has 0 unspecified atom stereocenters. The summed E-state index contributed by atoms with van der Waals surface area (Å²) in [6.45, 7) is 7.74. The van der Waals surface area contributed by atoms with E-state index in [1.165, 1.54) is 0 Å². The number of carbonyl (C=O) groups excluding carboxylic acids is 3. The highest BCUT2D eigenvalue weighted by Crippen LogP contribution is 2.37. The van der Waals surface area contributed by atoms with E-state index in [2.05, 4.69) is 22.6 Å². The lowest BCUT2D eigenvalue weighted by Gasteiger charge is -2.14. The fourth-order valence-electron chi connectivity index (χ4n) is 2.44. The molecule has 0 aliphatic carbocycles. The van der Waals surface area contributed by atoms with Crippen molar-refractivity contribution in [3.63, 3.8) is 0 Å². The van der Waals surface area contributed by atoms with Gasteiger partial charge < -0.3 is 14.2 Å². The third kappa shape index (κ3) is 5.63. The number of carbonyl (C=O) groups is 3. The highest BCUT2D eigenvalue weighted by atomic mass is 127. The number of amides is 2. The standard InChI is InChI=1S/C19H22INO6S/c1-5-25-14-8-12(7-13(20)17(14)26-6-2)9-15-18(23)21(19(24)28-15)10-16(22)27-11(3)4/h7-9,11H,5-6,10H2,1-4H3/b15-9-. The first-order chi connectivity index (χ1) is 13.3. The van der Waals surface area contributed by atoms with E-state index in [9.17, 15) is 14.4 Å². The number of hydrogen-bond acceptors (Lipinski definition) is 7. The number of esters is 1. The Morgan fingerprint density at radius 3 is 2.50 bits per heavy atom. The Labute approximate surface area is 181 Å². The van der Waals surface area contributed by atoms with Gasteiger partial charge >= 0.3 is 5.97 Å². The van der Waals surface area contributed by atoms with E-state index >= 15 is 0 Å². The molecular weight excluding hydrogens is 497 g/mol. The van der Waals surface area contributed by atoms with Gasteiger partial charge in [-0.15, -0.1) is 0 Å². The van der Waals surface area contributed by atoms with Crippen LogP contribution in [0, 0.1) is 3.57 Å². The number of benzene rings is 1. The molecule has 1 aromatic rings. The number of imide groups is 1. The first-order valence-corrected chi connectivity index (χ1v) is 10.7. The van der Waals surface area contributed by atoms with E-state index in [0.717, 1.165) is 20.2 Å². The Morgan fingerprint density at radius 1 is 1.21 bits per heavy atom. The first-order valence-electron chi connectivity index (χ1n) is 8.80. The predicted molar refractivity (Wildman–Crippen MR) is 115 cm³/mol. The second kappa shape index (κ2) is 10.1. The van der Waals surface area contributed by atoms with Crippen LogP contribution in [0.1, 0.15) is 33.3 Å². The minimum absolute atomic E-state index is 0.241. The lowest BCUT2D eigenvalue weighted by atomic mass is 10.2. The molecule has 1 aliphatic rings. The molecule has 0 N–H and O–H groups in total. The molecule has 2 amide bonds. The predicted octanol–water partition coefficient (Wildman–Crippen LogP) is 4.08. The molecule has 0 bridgehead atoms. The Kier molecular flexibility index (Phi) is 8.17. The van der Waals surface area contributed by atoms with Crippen LogP contribution in [0.2, 0.25) is 0 Å². The zero-order valence-electron chi connectivity index (χ0n) is 16.1. The van der Waals surface area contributed by atoms with Gasteiger partial charge in [-0.3, -0.25) is 19.3 Å². The summed E-state index contributed by atoms with van der Waals surface area (Å²) in [7, 11) is 0. The first kappa shape index (κ1) is 22.5. The fourth-order valence-corrected chi connectivity index (χ4v) is 4.05. The lowest BCUT2D eigenvalue weighted by Crippen LogP contribution is -2.35. The maximum absolute atomic E-state index is 12.6. The molecule has 7 nitrogen and oxygen atoms in total. The van der Waals surface area contributed by atoms with Crippen LogP contribution in [0.25, 0.3) is 6.08 Å². The SMILES string of the molecule is CCOc1cc(/C=C2\SC(=O)N(CC(=O)OC(C)C)C2=O)cc(I)c1OCC. The van der Waals surface area contributed by atoms with Crippen LogP contribution in [-0.4, -0.2) is 47.9 Å². The van der Waals surface area contributed by atoms with Gasteiger partial charge in [0, 0.05) is 0 Å². The minimum atomic E-state index is -0.618. The molecule has 2 rings (SSSR count). The van der Waals surface area contributed by atoms with E-state index in [1.54, 1.807) is 26.0 Å². The Hall–Kier alpha value is -1.75. The van der Waals surface area contributed by atoms with Crippen molar-refractivity contribution >= 4 is 57.5 Å². The van der Waals surface area contributed by atoms with Gasteiger partial charge in [-0.05, 0) is 85.8 Å². The molecule has 152 valence electrons. The summed E-state index contributed by atoms with van der Waals surface area (Å²) in [5, 5.41) is -0.498. The molecule has 1 saturated heterocycles. The maximum atomic E-state index is 12.6. The van der Waals surface area contributed by atoms with Crippen LogP contribution in [0.4, 0.5) is 4.79 Å². The van der Waals surface area contributed by atoms with Crippen molar-refractivity contribution in [3.05, 3.63) is 26.2 Å². The van der Waals surface area contributed by atoms with Crippen LogP contribution < -0.4 is 9.47 Å². The van der Waals surface area contributed by atoms with Crippen molar-refractivity contribution in [2.75, 3.05) is 19.8 Å². The maximum Gasteiger partial charge on any atom is 0.326 e. The molecule has 9 heteroatoms. The van der Waals surface area contributed by atoms with Crippen molar-refractivity contribution < 1.29 is 28.6 Å². The number of hydrogen-bond donors (Lipinski definition) is 0. The van der Waals surface area contributed by atoms with Crippen LogP contribution in [0.3, 0.4) is 0 Å². The number of ether oxygens (including phenoxy) is 3. The van der Waals surface area contributed by atoms with Crippen molar-refractivity contribution in [3.8, 4) is 11.5 Å². The third-order valence-electron chi connectivity index (χ3n) is 3.45. The van der Waals surface area contributed by atoms with Crippen molar-refractivity contribution in [2.45, 2.75) is 33.8 Å². The summed E-state index contributed by atoms with van der Waals surface area (Å²) in [5.74, 6) is 0.0826. The lowest BCUT2D eigenvalue weighted by molar-refractivity contribution is -0.149.